The quantitative estimate of drug-likeness (QED) is 0.650. The number of amides is 1. The molecule has 0 saturated heterocycles. The minimum atomic E-state index is 0.0169. The number of rotatable bonds is 4. The third kappa shape index (κ3) is 3.20. The Morgan fingerprint density at radius 2 is 1.92 bits per heavy atom. The minimum Gasteiger partial charge on any atom is -0.330 e. The van der Waals surface area contributed by atoms with Gasteiger partial charge < -0.3 is 4.90 Å². The summed E-state index contributed by atoms with van der Waals surface area (Å²) in [5, 5.41) is 1.05. The van der Waals surface area contributed by atoms with E-state index in [1.54, 1.807) is 0 Å². The molecule has 120 valence electrons. The van der Waals surface area contributed by atoms with E-state index < -0.39 is 0 Å². The molecule has 1 fully saturated rings. The maximum absolute atomic E-state index is 13.0. The molecule has 2 aromatic carbocycles. The van der Waals surface area contributed by atoms with Gasteiger partial charge in [-0.2, -0.15) is 0 Å². The molecule has 0 radical (unpaired) electrons. The predicted molar refractivity (Wildman–Crippen MR) is 98.8 cm³/mol. The number of hydrogen-bond donors (Lipinski definition) is 0. The number of carbonyl (C=O) groups excluding carboxylic acids is 1. The van der Waals surface area contributed by atoms with Crippen LogP contribution in [0.25, 0.3) is 10.9 Å². The molecule has 0 bridgehead atoms. The summed E-state index contributed by atoms with van der Waals surface area (Å²) in [5.41, 5.74) is 2.52. The molecule has 0 aliphatic heterocycles. The van der Waals surface area contributed by atoms with Gasteiger partial charge in [-0.1, -0.05) is 52.3 Å². The zero-order chi connectivity index (χ0) is 16.5. The van der Waals surface area contributed by atoms with Crippen molar-refractivity contribution in [1.82, 2.24) is 9.88 Å². The molecule has 1 heterocycles. The SMILES string of the molecule is O=C(c1ccc2ccccc2n1)N(Cc1cccc(Br)c1)C1CC1. The Hall–Kier alpha value is -2.20. The second kappa shape index (κ2) is 6.36. The average Bonchev–Trinajstić information content (AvgIpc) is 3.44. The van der Waals surface area contributed by atoms with Crippen LogP contribution in [0.15, 0.2) is 65.1 Å². The average molecular weight is 381 g/mol. The molecule has 0 atom stereocenters. The van der Waals surface area contributed by atoms with E-state index in [1.807, 2.05) is 53.4 Å². The predicted octanol–water partition coefficient (Wildman–Crippen LogP) is 4.80. The van der Waals surface area contributed by atoms with Crippen molar-refractivity contribution in [2.45, 2.75) is 25.4 Å². The third-order valence-electron chi connectivity index (χ3n) is 4.31. The van der Waals surface area contributed by atoms with Crippen LogP contribution >= 0.6 is 15.9 Å². The molecule has 1 aliphatic carbocycles. The monoisotopic (exact) mass is 380 g/mol. The van der Waals surface area contributed by atoms with Crippen LogP contribution in [0.1, 0.15) is 28.9 Å². The second-order valence-electron chi connectivity index (χ2n) is 6.18. The van der Waals surface area contributed by atoms with E-state index in [1.165, 1.54) is 0 Å². The number of aromatic nitrogens is 1. The van der Waals surface area contributed by atoms with Crippen molar-refractivity contribution in [3.63, 3.8) is 0 Å². The van der Waals surface area contributed by atoms with E-state index in [4.69, 9.17) is 0 Å². The number of benzene rings is 2. The van der Waals surface area contributed by atoms with Crippen molar-refractivity contribution in [2.24, 2.45) is 0 Å². The molecule has 0 N–H and O–H groups in total. The van der Waals surface area contributed by atoms with Crippen LogP contribution in [0.5, 0.6) is 0 Å². The number of carbonyl (C=O) groups is 1. The number of nitrogens with zero attached hydrogens (tertiary/aromatic N) is 2. The lowest BCUT2D eigenvalue weighted by molar-refractivity contribution is 0.0724. The van der Waals surface area contributed by atoms with Crippen molar-refractivity contribution >= 4 is 32.7 Å². The van der Waals surface area contributed by atoms with Crippen molar-refractivity contribution in [2.75, 3.05) is 0 Å². The van der Waals surface area contributed by atoms with Gasteiger partial charge in [0, 0.05) is 22.4 Å². The number of hydrogen-bond acceptors (Lipinski definition) is 2. The highest BCUT2D eigenvalue weighted by Gasteiger charge is 2.33. The van der Waals surface area contributed by atoms with Gasteiger partial charge >= 0.3 is 0 Å². The maximum atomic E-state index is 13.0. The fourth-order valence-electron chi connectivity index (χ4n) is 2.92. The number of fused-ring (bicyclic) bond motifs is 1. The minimum absolute atomic E-state index is 0.0169. The zero-order valence-electron chi connectivity index (χ0n) is 13.2. The fourth-order valence-corrected chi connectivity index (χ4v) is 3.36. The third-order valence-corrected chi connectivity index (χ3v) is 4.80. The first-order valence-corrected chi connectivity index (χ1v) is 8.91. The lowest BCUT2D eigenvalue weighted by Crippen LogP contribution is -2.33. The lowest BCUT2D eigenvalue weighted by Gasteiger charge is -2.22. The first-order valence-electron chi connectivity index (χ1n) is 8.12. The molecule has 1 aliphatic rings. The summed E-state index contributed by atoms with van der Waals surface area (Å²) in [4.78, 5) is 19.5. The molecule has 1 amide bonds. The maximum Gasteiger partial charge on any atom is 0.273 e. The van der Waals surface area contributed by atoms with Gasteiger partial charge in [0.1, 0.15) is 5.69 Å². The highest BCUT2D eigenvalue weighted by atomic mass is 79.9. The van der Waals surface area contributed by atoms with E-state index in [0.717, 1.165) is 33.8 Å². The van der Waals surface area contributed by atoms with Gasteiger partial charge in [0.15, 0.2) is 0 Å². The van der Waals surface area contributed by atoms with Crippen LogP contribution in [0.2, 0.25) is 0 Å². The molecule has 0 spiro atoms. The standard InChI is InChI=1S/C20H17BrN2O/c21-16-6-3-4-14(12-16)13-23(17-9-10-17)20(24)19-11-8-15-5-1-2-7-18(15)22-19/h1-8,11-12,17H,9-10,13H2. The molecule has 0 unspecified atom stereocenters. The molecule has 1 saturated carbocycles. The van der Waals surface area contributed by atoms with Gasteiger partial charge in [-0.3, -0.25) is 4.79 Å². The fraction of sp³-hybridized carbons (Fsp3) is 0.200. The Morgan fingerprint density at radius 3 is 2.71 bits per heavy atom. The number of para-hydroxylation sites is 1. The smallest absolute Gasteiger partial charge is 0.273 e. The van der Waals surface area contributed by atoms with Crippen LogP contribution in [-0.2, 0) is 6.54 Å². The topological polar surface area (TPSA) is 33.2 Å². The van der Waals surface area contributed by atoms with Crippen LogP contribution in [0.4, 0.5) is 0 Å². The molecular formula is C20H17BrN2O. The van der Waals surface area contributed by atoms with E-state index in [9.17, 15) is 4.79 Å². The number of pyridine rings is 1. The largest absolute Gasteiger partial charge is 0.330 e. The Bertz CT molecular complexity index is 905. The Kier molecular flexibility index (Phi) is 4.07. The van der Waals surface area contributed by atoms with Crippen LogP contribution < -0.4 is 0 Å². The van der Waals surface area contributed by atoms with Crippen molar-refractivity contribution in [1.29, 1.82) is 0 Å². The summed E-state index contributed by atoms with van der Waals surface area (Å²) in [5.74, 6) is 0.0169. The van der Waals surface area contributed by atoms with Crippen molar-refractivity contribution in [3.8, 4) is 0 Å². The molecule has 4 rings (SSSR count). The Morgan fingerprint density at radius 1 is 1.08 bits per heavy atom. The molecular weight excluding hydrogens is 364 g/mol. The van der Waals surface area contributed by atoms with Gasteiger partial charge in [0.2, 0.25) is 0 Å². The molecule has 1 aromatic heterocycles. The van der Waals surface area contributed by atoms with Crippen molar-refractivity contribution in [3.05, 3.63) is 76.4 Å². The summed E-state index contributed by atoms with van der Waals surface area (Å²) < 4.78 is 1.03. The summed E-state index contributed by atoms with van der Waals surface area (Å²) in [6.45, 7) is 0.622. The second-order valence-corrected chi connectivity index (χ2v) is 7.10. The normalized spacial score (nSPS) is 13.9. The Balaban J connectivity index is 1.63. The molecule has 4 heteroatoms. The summed E-state index contributed by atoms with van der Waals surface area (Å²) in [6, 6.07) is 20.2. The van der Waals surface area contributed by atoms with E-state index >= 15 is 0 Å². The van der Waals surface area contributed by atoms with Gasteiger partial charge in [-0.25, -0.2) is 4.98 Å². The van der Waals surface area contributed by atoms with E-state index in [2.05, 4.69) is 33.0 Å². The van der Waals surface area contributed by atoms with Crippen LogP contribution in [0.3, 0.4) is 0 Å². The zero-order valence-corrected chi connectivity index (χ0v) is 14.7. The first-order chi connectivity index (χ1) is 11.7. The highest BCUT2D eigenvalue weighted by Crippen LogP contribution is 2.30. The van der Waals surface area contributed by atoms with Gasteiger partial charge in [-0.05, 0) is 42.7 Å². The van der Waals surface area contributed by atoms with E-state index in [-0.39, 0.29) is 5.91 Å². The van der Waals surface area contributed by atoms with Gasteiger partial charge in [0.05, 0.1) is 5.52 Å². The molecule has 3 nitrogen and oxygen atoms in total. The first kappa shape index (κ1) is 15.3. The number of halogens is 1. The van der Waals surface area contributed by atoms with Crippen molar-refractivity contribution < 1.29 is 4.79 Å². The van der Waals surface area contributed by atoms with Crippen LogP contribution in [-0.4, -0.2) is 21.8 Å². The molecule has 24 heavy (non-hydrogen) atoms. The van der Waals surface area contributed by atoms with Gasteiger partial charge in [-0.15, -0.1) is 0 Å². The highest BCUT2D eigenvalue weighted by molar-refractivity contribution is 9.10. The lowest BCUT2D eigenvalue weighted by atomic mass is 10.1. The van der Waals surface area contributed by atoms with E-state index in [0.29, 0.717) is 18.3 Å². The summed E-state index contributed by atoms with van der Waals surface area (Å²) in [6.07, 6.45) is 2.15. The van der Waals surface area contributed by atoms with Gasteiger partial charge in [0.25, 0.3) is 5.91 Å². The summed E-state index contributed by atoms with van der Waals surface area (Å²) in [7, 11) is 0. The molecule has 3 aromatic rings. The Labute approximate surface area is 149 Å². The van der Waals surface area contributed by atoms with Crippen LogP contribution in [0, 0.1) is 0 Å². The summed E-state index contributed by atoms with van der Waals surface area (Å²) >= 11 is 3.50.